The Kier molecular flexibility index (Phi) is 4.58. The standard InChI is InChI=1S/C15H20N2O2/c1-17-10-8-13(9-11-17)16-14-5-3-2-4-12(14)6-7-15(18)19/h2-7,13,16H,8-11H2,1H3,(H,18,19)/b7-6+. The fraction of sp³-hybridized carbons (Fsp3) is 0.400. The second kappa shape index (κ2) is 6.38. The summed E-state index contributed by atoms with van der Waals surface area (Å²) in [6.45, 7) is 2.20. The first-order chi connectivity index (χ1) is 9.15. The highest BCUT2D eigenvalue weighted by Gasteiger charge is 2.16. The van der Waals surface area contributed by atoms with Crippen LogP contribution in [0.5, 0.6) is 0 Å². The van der Waals surface area contributed by atoms with Gasteiger partial charge in [-0.05, 0) is 50.7 Å². The highest BCUT2D eigenvalue weighted by molar-refractivity contribution is 5.86. The Morgan fingerprint density at radius 2 is 2.05 bits per heavy atom. The zero-order valence-electron chi connectivity index (χ0n) is 11.2. The molecule has 0 amide bonds. The number of hydrogen-bond acceptors (Lipinski definition) is 3. The lowest BCUT2D eigenvalue weighted by atomic mass is 10.0. The minimum absolute atomic E-state index is 0.468. The number of benzene rings is 1. The molecule has 1 aromatic rings. The van der Waals surface area contributed by atoms with E-state index in [4.69, 9.17) is 5.11 Å². The third-order valence-corrected chi connectivity index (χ3v) is 3.44. The van der Waals surface area contributed by atoms with Gasteiger partial charge in [-0.2, -0.15) is 0 Å². The average Bonchev–Trinajstić information content (AvgIpc) is 2.40. The van der Waals surface area contributed by atoms with Crippen molar-refractivity contribution in [2.45, 2.75) is 18.9 Å². The number of piperidine rings is 1. The quantitative estimate of drug-likeness (QED) is 0.816. The summed E-state index contributed by atoms with van der Waals surface area (Å²) < 4.78 is 0. The van der Waals surface area contributed by atoms with Gasteiger partial charge in [-0.1, -0.05) is 18.2 Å². The van der Waals surface area contributed by atoms with Gasteiger partial charge in [0, 0.05) is 17.8 Å². The second-order valence-electron chi connectivity index (χ2n) is 4.98. The van der Waals surface area contributed by atoms with Crippen LogP contribution in [-0.2, 0) is 4.79 Å². The van der Waals surface area contributed by atoms with Crippen molar-refractivity contribution in [2.24, 2.45) is 0 Å². The average molecular weight is 260 g/mol. The number of nitrogens with zero attached hydrogens (tertiary/aromatic N) is 1. The van der Waals surface area contributed by atoms with Crippen molar-refractivity contribution < 1.29 is 9.90 Å². The van der Waals surface area contributed by atoms with Crippen LogP contribution in [0.15, 0.2) is 30.3 Å². The van der Waals surface area contributed by atoms with Crippen molar-refractivity contribution in [3.63, 3.8) is 0 Å². The maximum atomic E-state index is 10.6. The molecule has 0 spiro atoms. The molecular weight excluding hydrogens is 240 g/mol. The molecule has 102 valence electrons. The molecule has 0 aromatic heterocycles. The Morgan fingerprint density at radius 3 is 2.74 bits per heavy atom. The first-order valence-corrected chi connectivity index (χ1v) is 6.60. The van der Waals surface area contributed by atoms with E-state index < -0.39 is 5.97 Å². The lowest BCUT2D eigenvalue weighted by Crippen LogP contribution is -2.36. The maximum absolute atomic E-state index is 10.6. The summed E-state index contributed by atoms with van der Waals surface area (Å²) in [4.78, 5) is 12.9. The highest BCUT2D eigenvalue weighted by Crippen LogP contribution is 2.21. The molecule has 2 N–H and O–H groups in total. The molecule has 0 bridgehead atoms. The summed E-state index contributed by atoms with van der Waals surface area (Å²) in [5.41, 5.74) is 1.93. The van der Waals surface area contributed by atoms with Crippen LogP contribution in [0, 0.1) is 0 Å². The van der Waals surface area contributed by atoms with Crippen LogP contribution in [0.25, 0.3) is 6.08 Å². The summed E-state index contributed by atoms with van der Waals surface area (Å²) in [5, 5.41) is 12.2. The van der Waals surface area contributed by atoms with Crippen molar-refractivity contribution in [1.82, 2.24) is 4.90 Å². The zero-order chi connectivity index (χ0) is 13.7. The molecule has 1 aliphatic heterocycles. The summed E-state index contributed by atoms with van der Waals surface area (Å²) in [6, 6.07) is 8.28. The molecule has 0 radical (unpaired) electrons. The third kappa shape index (κ3) is 4.10. The monoisotopic (exact) mass is 260 g/mol. The van der Waals surface area contributed by atoms with Gasteiger partial charge in [-0.25, -0.2) is 4.79 Å². The molecular formula is C15H20N2O2. The minimum atomic E-state index is -0.922. The van der Waals surface area contributed by atoms with Crippen LogP contribution >= 0.6 is 0 Å². The lowest BCUT2D eigenvalue weighted by molar-refractivity contribution is -0.131. The number of aliphatic carboxylic acids is 1. The van der Waals surface area contributed by atoms with Crippen LogP contribution in [-0.4, -0.2) is 42.2 Å². The van der Waals surface area contributed by atoms with E-state index in [1.807, 2.05) is 24.3 Å². The van der Waals surface area contributed by atoms with Crippen LogP contribution in [0.4, 0.5) is 5.69 Å². The number of carbonyl (C=O) groups is 1. The van der Waals surface area contributed by atoms with Gasteiger partial charge in [0.2, 0.25) is 0 Å². The van der Waals surface area contributed by atoms with Gasteiger partial charge in [0.05, 0.1) is 0 Å². The van der Waals surface area contributed by atoms with Crippen molar-refractivity contribution in [3.8, 4) is 0 Å². The third-order valence-electron chi connectivity index (χ3n) is 3.44. The highest BCUT2D eigenvalue weighted by atomic mass is 16.4. The molecule has 1 aliphatic rings. The molecule has 4 nitrogen and oxygen atoms in total. The molecule has 1 saturated heterocycles. The molecule has 1 heterocycles. The zero-order valence-corrected chi connectivity index (χ0v) is 11.2. The van der Waals surface area contributed by atoms with Crippen LogP contribution in [0.1, 0.15) is 18.4 Å². The smallest absolute Gasteiger partial charge is 0.328 e. The Hall–Kier alpha value is -1.81. The van der Waals surface area contributed by atoms with Gasteiger partial charge in [-0.15, -0.1) is 0 Å². The van der Waals surface area contributed by atoms with E-state index in [-0.39, 0.29) is 0 Å². The molecule has 0 saturated carbocycles. The van der Waals surface area contributed by atoms with Crippen LogP contribution in [0.2, 0.25) is 0 Å². The van der Waals surface area contributed by atoms with Crippen molar-refractivity contribution in [2.75, 3.05) is 25.5 Å². The summed E-state index contributed by atoms with van der Waals surface area (Å²) in [5.74, 6) is -0.922. The molecule has 0 unspecified atom stereocenters. The second-order valence-corrected chi connectivity index (χ2v) is 4.98. The number of carboxylic acid groups (broad SMARTS) is 1. The molecule has 0 aliphatic carbocycles. The number of likely N-dealkylation sites (tertiary alicyclic amines) is 1. The Balaban J connectivity index is 2.05. The topological polar surface area (TPSA) is 52.6 Å². The van der Waals surface area contributed by atoms with Crippen LogP contribution < -0.4 is 5.32 Å². The molecule has 1 fully saturated rings. The van der Waals surface area contributed by atoms with E-state index >= 15 is 0 Å². The largest absolute Gasteiger partial charge is 0.478 e. The summed E-state index contributed by atoms with van der Waals surface area (Å²) in [7, 11) is 2.14. The van der Waals surface area contributed by atoms with E-state index in [0.717, 1.165) is 37.2 Å². The Labute approximate surface area is 113 Å². The number of para-hydroxylation sites is 1. The van der Waals surface area contributed by atoms with Crippen molar-refractivity contribution in [1.29, 1.82) is 0 Å². The first-order valence-electron chi connectivity index (χ1n) is 6.60. The molecule has 2 rings (SSSR count). The van der Waals surface area contributed by atoms with E-state index in [1.54, 1.807) is 6.08 Å². The van der Waals surface area contributed by atoms with Crippen LogP contribution in [0.3, 0.4) is 0 Å². The van der Waals surface area contributed by atoms with E-state index in [1.165, 1.54) is 6.08 Å². The Morgan fingerprint density at radius 1 is 1.37 bits per heavy atom. The predicted molar refractivity (Wildman–Crippen MR) is 77.3 cm³/mol. The van der Waals surface area contributed by atoms with Gasteiger partial charge in [0.15, 0.2) is 0 Å². The van der Waals surface area contributed by atoms with E-state index in [0.29, 0.717) is 6.04 Å². The minimum Gasteiger partial charge on any atom is -0.478 e. The summed E-state index contributed by atoms with van der Waals surface area (Å²) in [6.07, 6.45) is 5.05. The summed E-state index contributed by atoms with van der Waals surface area (Å²) >= 11 is 0. The fourth-order valence-corrected chi connectivity index (χ4v) is 2.31. The maximum Gasteiger partial charge on any atom is 0.328 e. The van der Waals surface area contributed by atoms with E-state index in [9.17, 15) is 4.79 Å². The van der Waals surface area contributed by atoms with E-state index in [2.05, 4.69) is 17.3 Å². The first kappa shape index (κ1) is 13.6. The van der Waals surface area contributed by atoms with Gasteiger partial charge < -0.3 is 15.3 Å². The Bertz CT molecular complexity index is 463. The molecule has 1 aromatic carbocycles. The normalized spacial score (nSPS) is 17.7. The number of rotatable bonds is 4. The predicted octanol–water partition coefficient (Wildman–Crippen LogP) is 2.29. The number of anilines is 1. The van der Waals surface area contributed by atoms with Crippen molar-refractivity contribution >= 4 is 17.7 Å². The lowest BCUT2D eigenvalue weighted by Gasteiger charge is -2.30. The number of carboxylic acids is 1. The van der Waals surface area contributed by atoms with Gasteiger partial charge in [-0.3, -0.25) is 0 Å². The molecule has 4 heteroatoms. The van der Waals surface area contributed by atoms with Gasteiger partial charge >= 0.3 is 5.97 Å². The van der Waals surface area contributed by atoms with Crippen molar-refractivity contribution in [3.05, 3.63) is 35.9 Å². The van der Waals surface area contributed by atoms with Gasteiger partial charge in [0.1, 0.15) is 0 Å². The fourth-order valence-electron chi connectivity index (χ4n) is 2.31. The number of nitrogens with one attached hydrogen (secondary N) is 1. The molecule has 19 heavy (non-hydrogen) atoms. The number of hydrogen-bond donors (Lipinski definition) is 2. The van der Waals surface area contributed by atoms with Gasteiger partial charge in [0.25, 0.3) is 0 Å². The SMILES string of the molecule is CN1CCC(Nc2ccccc2/C=C/C(=O)O)CC1. The molecule has 0 atom stereocenters.